The molecule has 0 heterocycles. The van der Waals surface area contributed by atoms with Gasteiger partial charge in [0.05, 0.1) is 0 Å². The standard InChI is InChI=1S/C17H18BrCl/c1-12-7-13(2)9-14(8-12)10-15(11-19)16-5-3-4-6-17(16)18/h3-9,15H,10-11H2,1-2H3. The molecule has 100 valence electrons. The van der Waals surface area contributed by atoms with E-state index in [0.717, 1.165) is 10.9 Å². The smallest absolute Gasteiger partial charge is 0.0295 e. The van der Waals surface area contributed by atoms with Crippen LogP contribution in [0.1, 0.15) is 28.2 Å². The Kier molecular flexibility index (Phi) is 5.06. The molecule has 1 atom stereocenters. The van der Waals surface area contributed by atoms with Crippen molar-refractivity contribution in [3.8, 4) is 0 Å². The van der Waals surface area contributed by atoms with Gasteiger partial charge in [-0.3, -0.25) is 0 Å². The zero-order valence-electron chi connectivity index (χ0n) is 11.3. The second-order valence-electron chi connectivity index (χ2n) is 5.07. The molecule has 0 aliphatic rings. The molecule has 0 N–H and O–H groups in total. The highest BCUT2D eigenvalue weighted by Crippen LogP contribution is 2.29. The fourth-order valence-electron chi connectivity index (χ4n) is 2.53. The van der Waals surface area contributed by atoms with Gasteiger partial charge in [-0.05, 0) is 37.5 Å². The van der Waals surface area contributed by atoms with Crippen LogP contribution in [0, 0.1) is 13.8 Å². The Morgan fingerprint density at radius 3 is 2.26 bits per heavy atom. The molecule has 0 amide bonds. The number of benzene rings is 2. The van der Waals surface area contributed by atoms with Crippen LogP contribution < -0.4 is 0 Å². The van der Waals surface area contributed by atoms with Crippen LogP contribution in [-0.4, -0.2) is 5.88 Å². The van der Waals surface area contributed by atoms with Crippen molar-refractivity contribution in [3.05, 3.63) is 69.2 Å². The molecule has 0 aliphatic carbocycles. The Morgan fingerprint density at radius 2 is 1.68 bits per heavy atom. The molecule has 0 aliphatic heterocycles. The molecule has 2 aromatic carbocycles. The highest BCUT2D eigenvalue weighted by atomic mass is 79.9. The normalized spacial score (nSPS) is 12.4. The van der Waals surface area contributed by atoms with Gasteiger partial charge in [0.15, 0.2) is 0 Å². The van der Waals surface area contributed by atoms with Gasteiger partial charge in [-0.25, -0.2) is 0 Å². The molecule has 2 heteroatoms. The van der Waals surface area contributed by atoms with Gasteiger partial charge >= 0.3 is 0 Å². The summed E-state index contributed by atoms with van der Waals surface area (Å²) in [6.07, 6.45) is 0.981. The Balaban J connectivity index is 2.26. The number of alkyl halides is 1. The second kappa shape index (κ2) is 6.58. The number of hydrogen-bond donors (Lipinski definition) is 0. The minimum absolute atomic E-state index is 0.346. The summed E-state index contributed by atoms with van der Waals surface area (Å²) in [4.78, 5) is 0. The van der Waals surface area contributed by atoms with Crippen LogP contribution in [0.2, 0.25) is 0 Å². The maximum Gasteiger partial charge on any atom is 0.0295 e. The first-order valence-electron chi connectivity index (χ1n) is 6.47. The maximum atomic E-state index is 6.18. The highest BCUT2D eigenvalue weighted by molar-refractivity contribution is 9.10. The van der Waals surface area contributed by atoms with E-state index in [4.69, 9.17) is 11.6 Å². The summed E-state index contributed by atoms with van der Waals surface area (Å²) in [5, 5.41) is 0. The molecule has 0 saturated carbocycles. The molecule has 0 aromatic heterocycles. The molecular weight excluding hydrogens is 320 g/mol. The number of aryl methyl sites for hydroxylation is 2. The summed E-state index contributed by atoms with van der Waals surface area (Å²) in [5.41, 5.74) is 5.28. The van der Waals surface area contributed by atoms with Crippen molar-refractivity contribution in [2.45, 2.75) is 26.2 Å². The molecule has 0 radical (unpaired) electrons. The maximum absolute atomic E-state index is 6.18. The quantitative estimate of drug-likeness (QED) is 0.634. The molecule has 19 heavy (non-hydrogen) atoms. The van der Waals surface area contributed by atoms with Gasteiger partial charge in [0.25, 0.3) is 0 Å². The van der Waals surface area contributed by atoms with E-state index in [1.807, 2.05) is 6.07 Å². The summed E-state index contributed by atoms with van der Waals surface area (Å²) >= 11 is 9.80. The molecular formula is C17H18BrCl. The zero-order valence-corrected chi connectivity index (χ0v) is 13.6. The van der Waals surface area contributed by atoms with Gasteiger partial charge in [-0.2, -0.15) is 0 Å². The van der Waals surface area contributed by atoms with Gasteiger partial charge < -0.3 is 0 Å². The van der Waals surface area contributed by atoms with E-state index >= 15 is 0 Å². The predicted molar refractivity (Wildman–Crippen MR) is 87.2 cm³/mol. The predicted octanol–water partition coefficient (Wildman–Crippen LogP) is 5.63. The lowest BCUT2D eigenvalue weighted by Gasteiger charge is -2.17. The van der Waals surface area contributed by atoms with E-state index in [2.05, 4.69) is 66.2 Å². The first kappa shape index (κ1) is 14.6. The number of halogens is 2. The Morgan fingerprint density at radius 1 is 1.05 bits per heavy atom. The Labute approximate surface area is 128 Å². The van der Waals surface area contributed by atoms with E-state index in [-0.39, 0.29) is 0 Å². The monoisotopic (exact) mass is 336 g/mol. The van der Waals surface area contributed by atoms with E-state index in [1.165, 1.54) is 22.3 Å². The van der Waals surface area contributed by atoms with Gasteiger partial charge in [0.1, 0.15) is 0 Å². The van der Waals surface area contributed by atoms with Crippen LogP contribution in [0.15, 0.2) is 46.9 Å². The van der Waals surface area contributed by atoms with Crippen molar-refractivity contribution in [2.24, 2.45) is 0 Å². The molecule has 0 fully saturated rings. The molecule has 0 nitrogen and oxygen atoms in total. The fourth-order valence-corrected chi connectivity index (χ4v) is 3.41. The van der Waals surface area contributed by atoms with Gasteiger partial charge in [0.2, 0.25) is 0 Å². The van der Waals surface area contributed by atoms with E-state index in [1.54, 1.807) is 0 Å². The van der Waals surface area contributed by atoms with Crippen molar-refractivity contribution in [1.29, 1.82) is 0 Å². The molecule has 0 saturated heterocycles. The molecule has 0 bridgehead atoms. The summed E-state index contributed by atoms with van der Waals surface area (Å²) < 4.78 is 1.14. The van der Waals surface area contributed by atoms with Crippen LogP contribution in [0.25, 0.3) is 0 Å². The number of rotatable bonds is 4. The average Bonchev–Trinajstić information content (AvgIpc) is 2.36. The molecule has 2 rings (SSSR count). The molecule has 0 spiro atoms. The van der Waals surface area contributed by atoms with Crippen molar-refractivity contribution >= 4 is 27.5 Å². The lowest BCUT2D eigenvalue weighted by Crippen LogP contribution is -2.06. The topological polar surface area (TPSA) is 0 Å². The van der Waals surface area contributed by atoms with E-state index in [0.29, 0.717) is 11.8 Å². The summed E-state index contributed by atoms with van der Waals surface area (Å²) in [7, 11) is 0. The van der Waals surface area contributed by atoms with Crippen LogP contribution in [-0.2, 0) is 6.42 Å². The number of hydrogen-bond acceptors (Lipinski definition) is 0. The molecule has 1 unspecified atom stereocenters. The third-order valence-corrected chi connectivity index (χ3v) is 4.39. The Bertz CT molecular complexity index is 543. The van der Waals surface area contributed by atoms with Crippen LogP contribution in [0.4, 0.5) is 0 Å². The summed E-state index contributed by atoms with van der Waals surface area (Å²) in [5.74, 6) is 0.980. The third-order valence-electron chi connectivity index (χ3n) is 3.29. The second-order valence-corrected chi connectivity index (χ2v) is 6.24. The average molecular weight is 338 g/mol. The van der Waals surface area contributed by atoms with Crippen molar-refractivity contribution in [3.63, 3.8) is 0 Å². The minimum Gasteiger partial charge on any atom is -0.126 e. The van der Waals surface area contributed by atoms with Crippen molar-refractivity contribution in [2.75, 3.05) is 5.88 Å². The lowest BCUT2D eigenvalue weighted by atomic mass is 9.92. The largest absolute Gasteiger partial charge is 0.126 e. The molecule has 2 aromatic rings. The fraction of sp³-hybridized carbons (Fsp3) is 0.294. The third kappa shape index (κ3) is 3.84. The van der Waals surface area contributed by atoms with E-state index < -0.39 is 0 Å². The van der Waals surface area contributed by atoms with E-state index in [9.17, 15) is 0 Å². The summed E-state index contributed by atoms with van der Waals surface area (Å²) in [6, 6.07) is 15.1. The van der Waals surface area contributed by atoms with Crippen molar-refractivity contribution < 1.29 is 0 Å². The van der Waals surface area contributed by atoms with Crippen LogP contribution >= 0.6 is 27.5 Å². The highest BCUT2D eigenvalue weighted by Gasteiger charge is 2.14. The van der Waals surface area contributed by atoms with Gasteiger partial charge in [-0.1, -0.05) is 63.5 Å². The lowest BCUT2D eigenvalue weighted by molar-refractivity contribution is 0.761. The van der Waals surface area contributed by atoms with Crippen molar-refractivity contribution in [1.82, 2.24) is 0 Å². The van der Waals surface area contributed by atoms with Gasteiger partial charge in [0, 0.05) is 16.3 Å². The minimum atomic E-state index is 0.346. The van der Waals surface area contributed by atoms with Crippen LogP contribution in [0.3, 0.4) is 0 Å². The zero-order chi connectivity index (χ0) is 13.8. The Hall–Kier alpha value is -0.790. The van der Waals surface area contributed by atoms with Crippen LogP contribution in [0.5, 0.6) is 0 Å². The first-order chi connectivity index (χ1) is 9.10. The SMILES string of the molecule is Cc1cc(C)cc(CC(CCl)c2ccccc2Br)c1. The van der Waals surface area contributed by atoms with Gasteiger partial charge in [-0.15, -0.1) is 11.6 Å². The summed E-state index contributed by atoms with van der Waals surface area (Å²) in [6.45, 7) is 4.29. The first-order valence-corrected chi connectivity index (χ1v) is 7.80.